The lowest BCUT2D eigenvalue weighted by Crippen LogP contribution is -2.05. The maximum atomic E-state index is 11.5. The van der Waals surface area contributed by atoms with Crippen LogP contribution in [0.25, 0.3) is 0 Å². The maximum absolute atomic E-state index is 11.5. The number of hydrogen-bond acceptors (Lipinski definition) is 4. The minimum absolute atomic E-state index is 0.336. The minimum Gasteiger partial charge on any atom is -0.465 e. The van der Waals surface area contributed by atoms with Crippen molar-refractivity contribution in [2.75, 3.05) is 12.4 Å². The largest absolute Gasteiger partial charge is 0.465 e. The van der Waals surface area contributed by atoms with E-state index in [1.807, 2.05) is 12.1 Å². The second kappa shape index (κ2) is 6.72. The smallest absolute Gasteiger partial charge is 0.339 e. The zero-order valence-corrected chi connectivity index (χ0v) is 13.0. The van der Waals surface area contributed by atoms with Crippen molar-refractivity contribution in [2.45, 2.75) is 6.54 Å². The molecule has 1 aromatic carbocycles. The first-order valence-electron chi connectivity index (χ1n) is 5.82. The van der Waals surface area contributed by atoms with Gasteiger partial charge >= 0.3 is 5.97 Å². The van der Waals surface area contributed by atoms with Gasteiger partial charge in [0, 0.05) is 16.4 Å². The normalized spacial score (nSPS) is 10.2. The third kappa shape index (κ3) is 3.71. The quantitative estimate of drug-likeness (QED) is 0.845. The van der Waals surface area contributed by atoms with Crippen LogP contribution in [-0.4, -0.2) is 18.1 Å². The van der Waals surface area contributed by atoms with Gasteiger partial charge in [-0.1, -0.05) is 11.6 Å². The lowest BCUT2D eigenvalue weighted by Gasteiger charge is -2.09. The lowest BCUT2D eigenvalue weighted by atomic mass is 10.2. The fourth-order valence-electron chi connectivity index (χ4n) is 1.61. The molecule has 2 rings (SSSR count). The molecular formula is C14H12BrClN2O2. The van der Waals surface area contributed by atoms with Gasteiger partial charge in [0.05, 0.1) is 29.9 Å². The van der Waals surface area contributed by atoms with Crippen molar-refractivity contribution in [2.24, 2.45) is 0 Å². The molecule has 0 saturated heterocycles. The summed E-state index contributed by atoms with van der Waals surface area (Å²) in [4.78, 5) is 15.8. The van der Waals surface area contributed by atoms with Crippen LogP contribution in [0.4, 0.5) is 5.69 Å². The Labute approximate surface area is 130 Å². The van der Waals surface area contributed by atoms with Gasteiger partial charge in [-0.15, -0.1) is 0 Å². The first-order chi connectivity index (χ1) is 9.60. The Morgan fingerprint density at radius 3 is 2.85 bits per heavy atom. The summed E-state index contributed by atoms with van der Waals surface area (Å²) < 4.78 is 5.61. The second-order valence-corrected chi connectivity index (χ2v) is 5.33. The standard InChI is InChI=1S/C14H12BrClN2O2/c1-20-14(19)12-6-10(4-5-13(12)16)18-8-11-3-2-9(15)7-17-11/h2-7,18H,8H2,1H3. The van der Waals surface area contributed by atoms with Crippen LogP contribution in [-0.2, 0) is 11.3 Å². The second-order valence-electron chi connectivity index (χ2n) is 4.01. The Hall–Kier alpha value is -1.59. The van der Waals surface area contributed by atoms with E-state index in [4.69, 9.17) is 11.6 Å². The van der Waals surface area contributed by atoms with Gasteiger partial charge in [0.2, 0.25) is 0 Å². The molecule has 20 heavy (non-hydrogen) atoms. The van der Waals surface area contributed by atoms with Gasteiger partial charge in [-0.2, -0.15) is 0 Å². The number of carbonyl (C=O) groups excluding carboxylic acids is 1. The Morgan fingerprint density at radius 2 is 2.20 bits per heavy atom. The monoisotopic (exact) mass is 354 g/mol. The number of rotatable bonds is 4. The third-order valence-electron chi connectivity index (χ3n) is 2.63. The van der Waals surface area contributed by atoms with Crippen molar-refractivity contribution < 1.29 is 9.53 Å². The van der Waals surface area contributed by atoms with E-state index < -0.39 is 5.97 Å². The molecule has 1 aromatic heterocycles. The van der Waals surface area contributed by atoms with E-state index in [-0.39, 0.29) is 0 Å². The van der Waals surface area contributed by atoms with Gasteiger partial charge in [-0.05, 0) is 46.3 Å². The van der Waals surface area contributed by atoms with Crippen LogP contribution < -0.4 is 5.32 Å². The summed E-state index contributed by atoms with van der Waals surface area (Å²) in [5.41, 5.74) is 2.00. The number of benzene rings is 1. The van der Waals surface area contributed by atoms with E-state index in [0.29, 0.717) is 17.1 Å². The average molecular weight is 356 g/mol. The SMILES string of the molecule is COC(=O)c1cc(NCc2ccc(Br)cn2)ccc1Cl. The fourth-order valence-corrected chi connectivity index (χ4v) is 2.03. The van der Waals surface area contributed by atoms with E-state index >= 15 is 0 Å². The lowest BCUT2D eigenvalue weighted by molar-refractivity contribution is 0.0601. The van der Waals surface area contributed by atoms with Crippen LogP contribution in [0.2, 0.25) is 5.02 Å². The fraction of sp³-hybridized carbons (Fsp3) is 0.143. The van der Waals surface area contributed by atoms with E-state index in [0.717, 1.165) is 15.9 Å². The van der Waals surface area contributed by atoms with Gasteiger partial charge < -0.3 is 10.1 Å². The molecule has 4 nitrogen and oxygen atoms in total. The van der Waals surface area contributed by atoms with Crippen molar-refractivity contribution in [3.05, 3.63) is 57.3 Å². The molecule has 0 bridgehead atoms. The molecule has 1 N–H and O–H groups in total. The Kier molecular flexibility index (Phi) is 4.98. The van der Waals surface area contributed by atoms with Crippen LogP contribution >= 0.6 is 27.5 Å². The third-order valence-corrected chi connectivity index (χ3v) is 3.43. The number of aromatic nitrogens is 1. The number of anilines is 1. The number of ether oxygens (including phenoxy) is 1. The van der Waals surface area contributed by atoms with Crippen LogP contribution in [0, 0.1) is 0 Å². The highest BCUT2D eigenvalue weighted by molar-refractivity contribution is 9.10. The van der Waals surface area contributed by atoms with Gasteiger partial charge in [0.25, 0.3) is 0 Å². The summed E-state index contributed by atoms with van der Waals surface area (Å²) in [5.74, 6) is -0.458. The minimum atomic E-state index is -0.458. The molecule has 2 aromatic rings. The molecule has 0 atom stereocenters. The average Bonchev–Trinajstić information content (AvgIpc) is 2.47. The van der Waals surface area contributed by atoms with Gasteiger partial charge in [-0.3, -0.25) is 4.98 Å². The zero-order valence-electron chi connectivity index (χ0n) is 10.7. The summed E-state index contributed by atoms with van der Waals surface area (Å²) in [6.45, 7) is 0.551. The predicted octanol–water partition coefficient (Wildman–Crippen LogP) is 3.90. The van der Waals surface area contributed by atoms with Gasteiger partial charge in [0.15, 0.2) is 0 Å². The molecule has 0 radical (unpaired) electrons. The van der Waals surface area contributed by atoms with Crippen LogP contribution in [0.5, 0.6) is 0 Å². The van der Waals surface area contributed by atoms with Crippen LogP contribution in [0.1, 0.15) is 16.1 Å². The van der Waals surface area contributed by atoms with E-state index in [2.05, 4.69) is 31.0 Å². The first-order valence-corrected chi connectivity index (χ1v) is 6.99. The molecule has 0 saturated carbocycles. The van der Waals surface area contributed by atoms with Crippen molar-refractivity contribution in [1.29, 1.82) is 0 Å². The Bertz CT molecular complexity index is 617. The number of esters is 1. The van der Waals surface area contributed by atoms with Crippen LogP contribution in [0.15, 0.2) is 41.0 Å². The van der Waals surface area contributed by atoms with E-state index in [9.17, 15) is 4.79 Å². The van der Waals surface area contributed by atoms with Crippen LogP contribution in [0.3, 0.4) is 0 Å². The number of hydrogen-bond donors (Lipinski definition) is 1. The number of nitrogens with one attached hydrogen (secondary N) is 1. The van der Waals surface area contributed by atoms with Crippen molar-refractivity contribution in [1.82, 2.24) is 4.98 Å². The molecular weight excluding hydrogens is 344 g/mol. The Balaban J connectivity index is 2.10. The molecule has 0 unspecified atom stereocenters. The summed E-state index contributed by atoms with van der Waals surface area (Å²) >= 11 is 9.29. The Morgan fingerprint density at radius 1 is 1.40 bits per heavy atom. The predicted molar refractivity (Wildman–Crippen MR) is 82.1 cm³/mol. The number of nitrogens with zero attached hydrogens (tertiary/aromatic N) is 1. The zero-order chi connectivity index (χ0) is 14.5. The summed E-state index contributed by atoms with van der Waals surface area (Å²) in [6, 6.07) is 8.95. The first kappa shape index (κ1) is 14.8. The summed E-state index contributed by atoms with van der Waals surface area (Å²) in [6.07, 6.45) is 1.73. The highest BCUT2D eigenvalue weighted by Gasteiger charge is 2.11. The molecule has 0 aliphatic carbocycles. The number of methoxy groups -OCH3 is 1. The molecule has 104 valence electrons. The highest BCUT2D eigenvalue weighted by Crippen LogP contribution is 2.21. The van der Waals surface area contributed by atoms with E-state index in [1.54, 1.807) is 24.4 Å². The molecule has 0 aliphatic heterocycles. The van der Waals surface area contributed by atoms with Gasteiger partial charge in [-0.25, -0.2) is 4.79 Å². The molecule has 0 spiro atoms. The summed E-state index contributed by atoms with van der Waals surface area (Å²) in [7, 11) is 1.32. The number of pyridine rings is 1. The van der Waals surface area contributed by atoms with Gasteiger partial charge in [0.1, 0.15) is 0 Å². The molecule has 0 fully saturated rings. The molecule has 0 aliphatic rings. The number of halogens is 2. The van der Waals surface area contributed by atoms with Crippen molar-refractivity contribution in [3.63, 3.8) is 0 Å². The molecule has 6 heteroatoms. The highest BCUT2D eigenvalue weighted by atomic mass is 79.9. The molecule has 1 heterocycles. The van der Waals surface area contributed by atoms with E-state index in [1.165, 1.54) is 7.11 Å². The molecule has 0 amide bonds. The number of carbonyl (C=O) groups is 1. The van der Waals surface area contributed by atoms with Crippen molar-refractivity contribution in [3.8, 4) is 0 Å². The maximum Gasteiger partial charge on any atom is 0.339 e. The summed E-state index contributed by atoms with van der Waals surface area (Å²) in [5, 5.41) is 3.55. The van der Waals surface area contributed by atoms with Crippen molar-refractivity contribution >= 4 is 39.2 Å². The topological polar surface area (TPSA) is 51.2 Å².